The molecule has 0 amide bonds. The van der Waals surface area contributed by atoms with Crippen LogP contribution in [0.3, 0.4) is 0 Å². The summed E-state index contributed by atoms with van der Waals surface area (Å²) in [4.78, 5) is 14.1. The predicted molar refractivity (Wildman–Crippen MR) is 55.8 cm³/mol. The van der Waals surface area contributed by atoms with E-state index in [-0.39, 0.29) is 24.2 Å². The Morgan fingerprint density at radius 2 is 2.40 bits per heavy atom. The third-order valence-electron chi connectivity index (χ3n) is 1.86. The van der Waals surface area contributed by atoms with Gasteiger partial charge < -0.3 is 10.4 Å². The Balaban J connectivity index is 3.01. The SMILES string of the molecule is Cc1cnc(NC(C)CO)c([N+](=O)[O-])c1. The second-order valence-corrected chi connectivity index (χ2v) is 3.37. The van der Waals surface area contributed by atoms with Gasteiger partial charge in [0.1, 0.15) is 0 Å². The molecular weight excluding hydrogens is 198 g/mol. The highest BCUT2D eigenvalue weighted by Crippen LogP contribution is 2.22. The van der Waals surface area contributed by atoms with Crippen LogP contribution in [0.2, 0.25) is 0 Å². The lowest BCUT2D eigenvalue weighted by atomic mass is 10.2. The maximum absolute atomic E-state index is 10.7. The second kappa shape index (κ2) is 4.70. The highest BCUT2D eigenvalue weighted by molar-refractivity contribution is 5.56. The topological polar surface area (TPSA) is 88.3 Å². The number of nitrogens with one attached hydrogen (secondary N) is 1. The van der Waals surface area contributed by atoms with Gasteiger partial charge in [0.25, 0.3) is 0 Å². The lowest BCUT2D eigenvalue weighted by Gasteiger charge is -2.11. The van der Waals surface area contributed by atoms with E-state index >= 15 is 0 Å². The number of nitro groups is 1. The van der Waals surface area contributed by atoms with E-state index < -0.39 is 4.92 Å². The molecule has 0 aromatic carbocycles. The monoisotopic (exact) mass is 211 g/mol. The number of aryl methyl sites for hydroxylation is 1. The minimum atomic E-state index is -0.494. The molecule has 15 heavy (non-hydrogen) atoms. The molecule has 0 radical (unpaired) electrons. The molecule has 1 atom stereocenters. The number of pyridine rings is 1. The van der Waals surface area contributed by atoms with Crippen molar-refractivity contribution in [2.75, 3.05) is 11.9 Å². The average molecular weight is 211 g/mol. The Bertz CT molecular complexity index is 368. The zero-order chi connectivity index (χ0) is 11.4. The van der Waals surface area contributed by atoms with Crippen molar-refractivity contribution in [3.63, 3.8) is 0 Å². The molecule has 6 heteroatoms. The van der Waals surface area contributed by atoms with Gasteiger partial charge in [0.05, 0.1) is 11.5 Å². The summed E-state index contributed by atoms with van der Waals surface area (Å²) >= 11 is 0. The van der Waals surface area contributed by atoms with Crippen LogP contribution in [-0.2, 0) is 0 Å². The van der Waals surface area contributed by atoms with Crippen LogP contribution in [-0.4, -0.2) is 27.7 Å². The molecular formula is C9H13N3O3. The van der Waals surface area contributed by atoms with E-state index in [0.29, 0.717) is 0 Å². The van der Waals surface area contributed by atoms with Gasteiger partial charge in [-0.15, -0.1) is 0 Å². The van der Waals surface area contributed by atoms with Crippen LogP contribution >= 0.6 is 0 Å². The smallest absolute Gasteiger partial charge is 0.311 e. The second-order valence-electron chi connectivity index (χ2n) is 3.37. The Labute approximate surface area is 87.1 Å². The first-order valence-corrected chi connectivity index (χ1v) is 4.53. The fourth-order valence-corrected chi connectivity index (χ4v) is 1.08. The summed E-state index contributed by atoms with van der Waals surface area (Å²) in [6.07, 6.45) is 1.54. The number of nitrogens with zero attached hydrogens (tertiary/aromatic N) is 2. The highest BCUT2D eigenvalue weighted by atomic mass is 16.6. The number of aliphatic hydroxyl groups is 1. The van der Waals surface area contributed by atoms with Gasteiger partial charge in [0.2, 0.25) is 5.82 Å². The van der Waals surface area contributed by atoms with Crippen molar-refractivity contribution in [1.82, 2.24) is 4.98 Å². The molecule has 0 bridgehead atoms. The van der Waals surface area contributed by atoms with E-state index in [1.165, 1.54) is 6.07 Å². The minimum Gasteiger partial charge on any atom is -0.394 e. The zero-order valence-electron chi connectivity index (χ0n) is 8.60. The summed E-state index contributed by atoms with van der Waals surface area (Å²) in [5.41, 5.74) is 0.652. The molecule has 1 aromatic heterocycles. The standard InChI is InChI=1S/C9H13N3O3/c1-6-3-8(12(14)15)9(10-4-6)11-7(2)5-13/h3-4,7,13H,5H2,1-2H3,(H,10,11). The Hall–Kier alpha value is -1.69. The van der Waals surface area contributed by atoms with Gasteiger partial charge in [-0.1, -0.05) is 0 Å². The Morgan fingerprint density at radius 3 is 2.93 bits per heavy atom. The van der Waals surface area contributed by atoms with Crippen LogP contribution in [0.25, 0.3) is 0 Å². The normalized spacial score (nSPS) is 12.2. The molecule has 1 heterocycles. The van der Waals surface area contributed by atoms with Crippen molar-refractivity contribution in [2.45, 2.75) is 19.9 Å². The molecule has 0 aliphatic heterocycles. The summed E-state index contributed by atoms with van der Waals surface area (Å²) < 4.78 is 0. The van der Waals surface area contributed by atoms with Crippen LogP contribution in [0.15, 0.2) is 12.3 Å². The van der Waals surface area contributed by atoms with E-state index in [9.17, 15) is 10.1 Å². The fourth-order valence-electron chi connectivity index (χ4n) is 1.08. The van der Waals surface area contributed by atoms with Crippen molar-refractivity contribution >= 4 is 11.5 Å². The molecule has 0 spiro atoms. The molecule has 82 valence electrons. The zero-order valence-corrected chi connectivity index (χ0v) is 8.60. The van der Waals surface area contributed by atoms with Gasteiger partial charge in [-0.3, -0.25) is 10.1 Å². The van der Waals surface area contributed by atoms with Gasteiger partial charge in [-0.05, 0) is 19.4 Å². The van der Waals surface area contributed by atoms with E-state index in [4.69, 9.17) is 5.11 Å². The molecule has 0 saturated carbocycles. The summed E-state index contributed by atoms with van der Waals surface area (Å²) in [6.45, 7) is 3.34. The fraction of sp³-hybridized carbons (Fsp3) is 0.444. The van der Waals surface area contributed by atoms with Gasteiger partial charge in [-0.25, -0.2) is 4.98 Å². The van der Waals surface area contributed by atoms with Crippen molar-refractivity contribution in [1.29, 1.82) is 0 Å². The Kier molecular flexibility index (Phi) is 3.56. The first-order valence-electron chi connectivity index (χ1n) is 4.53. The van der Waals surface area contributed by atoms with E-state index in [2.05, 4.69) is 10.3 Å². The molecule has 2 N–H and O–H groups in total. The summed E-state index contributed by atoms with van der Waals surface area (Å²) in [5.74, 6) is 0.187. The number of rotatable bonds is 4. The van der Waals surface area contributed by atoms with Crippen molar-refractivity contribution in [2.24, 2.45) is 0 Å². The lowest BCUT2D eigenvalue weighted by molar-refractivity contribution is -0.384. The average Bonchev–Trinajstić information content (AvgIpc) is 2.20. The van der Waals surface area contributed by atoms with Crippen molar-refractivity contribution in [3.8, 4) is 0 Å². The summed E-state index contributed by atoms with van der Waals surface area (Å²) in [5, 5.41) is 22.3. The van der Waals surface area contributed by atoms with Crippen LogP contribution < -0.4 is 5.32 Å². The van der Waals surface area contributed by atoms with Crippen LogP contribution in [0.4, 0.5) is 11.5 Å². The third kappa shape index (κ3) is 2.88. The van der Waals surface area contributed by atoms with Crippen molar-refractivity contribution in [3.05, 3.63) is 27.9 Å². The number of aliphatic hydroxyl groups excluding tert-OH is 1. The molecule has 0 aliphatic carbocycles. The van der Waals surface area contributed by atoms with E-state index in [0.717, 1.165) is 5.56 Å². The maximum Gasteiger partial charge on any atom is 0.311 e. The predicted octanol–water partition coefficient (Wildman–Crippen LogP) is 1.09. The summed E-state index contributed by atoms with van der Waals surface area (Å²) in [6, 6.07) is 1.18. The summed E-state index contributed by atoms with van der Waals surface area (Å²) in [7, 11) is 0. The molecule has 1 rings (SSSR count). The molecule has 6 nitrogen and oxygen atoms in total. The van der Waals surface area contributed by atoms with E-state index in [1.807, 2.05) is 0 Å². The quantitative estimate of drug-likeness (QED) is 0.575. The highest BCUT2D eigenvalue weighted by Gasteiger charge is 2.16. The molecule has 1 unspecified atom stereocenters. The van der Waals surface area contributed by atoms with Gasteiger partial charge in [-0.2, -0.15) is 0 Å². The van der Waals surface area contributed by atoms with Gasteiger partial charge in [0.15, 0.2) is 0 Å². The lowest BCUT2D eigenvalue weighted by Crippen LogP contribution is -2.20. The number of anilines is 1. The molecule has 0 fully saturated rings. The maximum atomic E-state index is 10.7. The van der Waals surface area contributed by atoms with Crippen LogP contribution in [0.5, 0.6) is 0 Å². The minimum absolute atomic E-state index is 0.0738. The molecule has 1 aromatic rings. The molecule has 0 saturated heterocycles. The number of hydrogen-bond acceptors (Lipinski definition) is 5. The first kappa shape index (κ1) is 11.4. The van der Waals surface area contributed by atoms with Crippen molar-refractivity contribution < 1.29 is 10.0 Å². The number of hydrogen-bond donors (Lipinski definition) is 2. The molecule has 0 aliphatic rings. The Morgan fingerprint density at radius 1 is 1.73 bits per heavy atom. The van der Waals surface area contributed by atoms with Gasteiger partial charge in [0, 0.05) is 18.3 Å². The number of aromatic nitrogens is 1. The largest absolute Gasteiger partial charge is 0.394 e. The first-order chi connectivity index (χ1) is 7.04. The van der Waals surface area contributed by atoms with Crippen LogP contribution in [0.1, 0.15) is 12.5 Å². The van der Waals surface area contributed by atoms with Gasteiger partial charge >= 0.3 is 5.69 Å². The van der Waals surface area contributed by atoms with E-state index in [1.54, 1.807) is 20.0 Å². The third-order valence-corrected chi connectivity index (χ3v) is 1.86. The van der Waals surface area contributed by atoms with Crippen LogP contribution in [0, 0.1) is 17.0 Å².